The Morgan fingerprint density at radius 1 is 1.25 bits per heavy atom. The van der Waals surface area contributed by atoms with E-state index in [1.54, 1.807) is 37.6 Å². The van der Waals surface area contributed by atoms with Gasteiger partial charge in [0.05, 0.1) is 25.3 Å². The zero-order valence-electron chi connectivity index (χ0n) is 11.2. The number of carbonyl (C=O) groups is 2. The lowest BCUT2D eigenvalue weighted by atomic mass is 10.1. The maximum atomic E-state index is 12.1. The van der Waals surface area contributed by atoms with E-state index >= 15 is 0 Å². The van der Waals surface area contributed by atoms with Crippen LogP contribution in [-0.2, 0) is 9.53 Å². The first-order valence-corrected chi connectivity index (χ1v) is 5.93. The second-order valence-corrected chi connectivity index (χ2v) is 4.00. The Morgan fingerprint density at radius 2 is 2.05 bits per heavy atom. The van der Waals surface area contributed by atoms with Crippen molar-refractivity contribution in [2.75, 3.05) is 20.8 Å². The van der Waals surface area contributed by atoms with Crippen molar-refractivity contribution >= 4 is 22.8 Å². The van der Waals surface area contributed by atoms with Gasteiger partial charge in [-0.05, 0) is 24.3 Å². The lowest BCUT2D eigenvalue weighted by molar-refractivity contribution is -0.139. The molecule has 20 heavy (non-hydrogen) atoms. The minimum atomic E-state index is -0.505. The highest BCUT2D eigenvalue weighted by atomic mass is 16.5. The summed E-state index contributed by atoms with van der Waals surface area (Å²) in [4.78, 5) is 27.3. The van der Waals surface area contributed by atoms with Crippen LogP contribution in [0, 0.1) is 0 Å². The summed E-state index contributed by atoms with van der Waals surface area (Å²) in [7, 11) is 2.82. The molecule has 0 fully saturated rings. The maximum absolute atomic E-state index is 12.1. The van der Waals surface area contributed by atoms with E-state index in [0.29, 0.717) is 22.2 Å². The minimum Gasteiger partial charge on any atom is -0.497 e. The van der Waals surface area contributed by atoms with Gasteiger partial charge in [-0.1, -0.05) is 0 Å². The number of nitrogens with one attached hydrogen (secondary N) is 1. The quantitative estimate of drug-likeness (QED) is 0.846. The number of pyridine rings is 1. The van der Waals surface area contributed by atoms with E-state index in [1.807, 2.05) is 0 Å². The fourth-order valence-electron chi connectivity index (χ4n) is 1.77. The summed E-state index contributed by atoms with van der Waals surface area (Å²) in [6.07, 6.45) is 1.54. The van der Waals surface area contributed by atoms with E-state index < -0.39 is 5.97 Å². The number of esters is 1. The number of carbonyl (C=O) groups excluding carboxylic acids is 2. The zero-order chi connectivity index (χ0) is 14.5. The first kappa shape index (κ1) is 13.8. The second-order valence-electron chi connectivity index (χ2n) is 4.00. The number of methoxy groups -OCH3 is 2. The van der Waals surface area contributed by atoms with Crippen LogP contribution in [0.25, 0.3) is 10.9 Å². The summed E-state index contributed by atoms with van der Waals surface area (Å²) < 4.78 is 9.61. The average molecular weight is 274 g/mol. The Kier molecular flexibility index (Phi) is 4.14. The van der Waals surface area contributed by atoms with E-state index in [1.165, 1.54) is 7.11 Å². The van der Waals surface area contributed by atoms with Gasteiger partial charge in [-0.15, -0.1) is 0 Å². The molecule has 1 N–H and O–H groups in total. The molecule has 1 amide bonds. The molecule has 6 nitrogen and oxygen atoms in total. The first-order chi connectivity index (χ1) is 9.65. The molecular weight excluding hydrogens is 260 g/mol. The molecule has 0 aliphatic carbocycles. The van der Waals surface area contributed by atoms with E-state index in [2.05, 4.69) is 15.0 Å². The smallest absolute Gasteiger partial charge is 0.325 e. The number of aromatic nitrogens is 1. The predicted molar refractivity (Wildman–Crippen MR) is 72.6 cm³/mol. The van der Waals surface area contributed by atoms with Crippen molar-refractivity contribution < 1.29 is 19.1 Å². The highest BCUT2D eigenvalue weighted by molar-refractivity contribution is 6.07. The molecule has 0 aliphatic rings. The van der Waals surface area contributed by atoms with Gasteiger partial charge in [-0.25, -0.2) is 0 Å². The van der Waals surface area contributed by atoms with Crippen molar-refractivity contribution in [3.05, 3.63) is 36.0 Å². The summed E-state index contributed by atoms with van der Waals surface area (Å²) in [6.45, 7) is -0.177. The number of benzene rings is 1. The Labute approximate surface area is 115 Å². The van der Waals surface area contributed by atoms with Crippen LogP contribution in [0.15, 0.2) is 30.5 Å². The van der Waals surface area contributed by atoms with Crippen LogP contribution >= 0.6 is 0 Å². The number of amides is 1. The van der Waals surface area contributed by atoms with Gasteiger partial charge in [-0.2, -0.15) is 0 Å². The molecule has 2 rings (SSSR count). The maximum Gasteiger partial charge on any atom is 0.325 e. The van der Waals surface area contributed by atoms with Gasteiger partial charge in [0.25, 0.3) is 5.91 Å². The first-order valence-electron chi connectivity index (χ1n) is 5.93. The van der Waals surface area contributed by atoms with Gasteiger partial charge in [0.2, 0.25) is 0 Å². The van der Waals surface area contributed by atoms with Gasteiger partial charge >= 0.3 is 5.97 Å². The Morgan fingerprint density at radius 3 is 2.75 bits per heavy atom. The van der Waals surface area contributed by atoms with Crippen LogP contribution in [-0.4, -0.2) is 37.6 Å². The largest absolute Gasteiger partial charge is 0.497 e. The summed E-state index contributed by atoms with van der Waals surface area (Å²) in [5.41, 5.74) is 1.11. The van der Waals surface area contributed by atoms with Crippen molar-refractivity contribution in [2.45, 2.75) is 0 Å². The summed E-state index contributed by atoms with van der Waals surface area (Å²) in [5.74, 6) is -0.238. The lowest BCUT2D eigenvalue weighted by Crippen LogP contribution is -2.30. The van der Waals surface area contributed by atoms with Crippen LogP contribution in [0.1, 0.15) is 10.4 Å². The summed E-state index contributed by atoms with van der Waals surface area (Å²) in [5, 5.41) is 3.16. The summed E-state index contributed by atoms with van der Waals surface area (Å²) >= 11 is 0. The van der Waals surface area contributed by atoms with E-state index in [-0.39, 0.29) is 12.5 Å². The average Bonchev–Trinajstić information content (AvgIpc) is 2.50. The highest BCUT2D eigenvalue weighted by Gasteiger charge is 2.12. The number of nitrogens with zero attached hydrogens (tertiary/aromatic N) is 1. The molecule has 0 aliphatic heterocycles. The van der Waals surface area contributed by atoms with Gasteiger partial charge in [0.15, 0.2) is 0 Å². The Hall–Kier alpha value is -2.63. The van der Waals surface area contributed by atoms with Crippen molar-refractivity contribution in [1.29, 1.82) is 0 Å². The summed E-state index contributed by atoms with van der Waals surface area (Å²) in [6, 6.07) is 6.86. The van der Waals surface area contributed by atoms with Crippen molar-refractivity contribution in [3.8, 4) is 5.75 Å². The standard InChI is InChI=1S/C14H14N2O4/c1-19-9-3-4-12-11(7-9)10(5-6-15-12)14(18)16-8-13(17)20-2/h3-7H,8H2,1-2H3,(H,16,18). The monoisotopic (exact) mass is 274 g/mol. The zero-order valence-corrected chi connectivity index (χ0v) is 11.2. The minimum absolute atomic E-state index is 0.177. The number of rotatable bonds is 4. The van der Waals surface area contributed by atoms with Crippen LogP contribution < -0.4 is 10.1 Å². The molecule has 0 bridgehead atoms. The molecule has 6 heteroatoms. The number of fused-ring (bicyclic) bond motifs is 1. The number of hydrogen-bond acceptors (Lipinski definition) is 5. The Bertz CT molecular complexity index is 655. The molecule has 1 aromatic carbocycles. The molecule has 0 radical (unpaired) electrons. The lowest BCUT2D eigenvalue weighted by Gasteiger charge is -2.08. The van der Waals surface area contributed by atoms with Gasteiger partial charge < -0.3 is 14.8 Å². The van der Waals surface area contributed by atoms with Crippen LogP contribution in [0.4, 0.5) is 0 Å². The Balaban J connectivity index is 2.33. The fraction of sp³-hybridized carbons (Fsp3) is 0.214. The molecule has 0 saturated heterocycles. The second kappa shape index (κ2) is 6.01. The molecule has 104 valence electrons. The molecule has 1 heterocycles. The van der Waals surface area contributed by atoms with Crippen molar-refractivity contribution in [2.24, 2.45) is 0 Å². The van der Waals surface area contributed by atoms with Crippen molar-refractivity contribution in [1.82, 2.24) is 10.3 Å². The third-order valence-corrected chi connectivity index (χ3v) is 2.81. The third kappa shape index (κ3) is 2.85. The topological polar surface area (TPSA) is 77.5 Å². The van der Waals surface area contributed by atoms with Crippen LogP contribution in [0.3, 0.4) is 0 Å². The molecule has 0 unspecified atom stereocenters. The molecule has 0 saturated carbocycles. The highest BCUT2D eigenvalue weighted by Crippen LogP contribution is 2.22. The number of ether oxygens (including phenoxy) is 2. The molecule has 1 aromatic heterocycles. The normalized spacial score (nSPS) is 10.1. The van der Waals surface area contributed by atoms with E-state index in [9.17, 15) is 9.59 Å². The molecule has 0 spiro atoms. The fourth-order valence-corrected chi connectivity index (χ4v) is 1.77. The molecule has 2 aromatic rings. The van der Waals surface area contributed by atoms with Crippen LogP contribution in [0.2, 0.25) is 0 Å². The van der Waals surface area contributed by atoms with Gasteiger partial charge in [-0.3, -0.25) is 14.6 Å². The van der Waals surface area contributed by atoms with E-state index in [0.717, 1.165) is 0 Å². The predicted octanol–water partition coefficient (Wildman–Crippen LogP) is 1.15. The van der Waals surface area contributed by atoms with Gasteiger partial charge in [0, 0.05) is 11.6 Å². The molecular formula is C14H14N2O4. The molecule has 0 atom stereocenters. The number of hydrogen-bond donors (Lipinski definition) is 1. The third-order valence-electron chi connectivity index (χ3n) is 2.81. The van der Waals surface area contributed by atoms with Gasteiger partial charge in [0.1, 0.15) is 12.3 Å². The van der Waals surface area contributed by atoms with Crippen LogP contribution in [0.5, 0.6) is 5.75 Å². The SMILES string of the molecule is COC(=O)CNC(=O)c1ccnc2ccc(OC)cc12. The van der Waals surface area contributed by atoms with E-state index in [4.69, 9.17) is 4.74 Å². The van der Waals surface area contributed by atoms with Crippen molar-refractivity contribution in [3.63, 3.8) is 0 Å².